The van der Waals surface area contributed by atoms with E-state index < -0.39 is 21.7 Å². The largest absolute Gasteiger partial charge is 0.493 e. The Balaban J connectivity index is 0.000000241. The minimum atomic E-state index is -3.82. The summed E-state index contributed by atoms with van der Waals surface area (Å²) < 4.78 is 49.6. The third-order valence-electron chi connectivity index (χ3n) is 10.2. The third kappa shape index (κ3) is 11.9. The topological polar surface area (TPSA) is 153 Å². The number of esters is 2. The van der Waals surface area contributed by atoms with Crippen LogP contribution in [-0.4, -0.2) is 78.1 Å². The van der Waals surface area contributed by atoms with Crippen molar-refractivity contribution in [1.29, 1.82) is 0 Å². The highest BCUT2D eigenvalue weighted by Crippen LogP contribution is 2.37. The Morgan fingerprint density at radius 1 is 0.746 bits per heavy atom. The SMILES string of the molecule is C#CCN(c1ccc(NC(=O)OC(C)(C)C)c2ccccc12)[C@@H](C)CC(=O)OC.C#CCN(c1ccc(NS(=O)(=O)c2ccc3c(c2)CCO3)c2ccccc12)[C@@H](C)CC(=O)OC. The molecule has 14 heteroatoms. The normalized spacial score (nSPS) is 12.8. The molecule has 2 atom stereocenters. The van der Waals surface area contributed by atoms with Crippen LogP contribution in [0.1, 0.15) is 53.0 Å². The first kappa shape index (κ1) is 47.2. The lowest BCUT2D eigenvalue weighted by Gasteiger charge is -2.30. The second-order valence-electron chi connectivity index (χ2n) is 15.9. The molecule has 2 N–H and O–H groups in total. The number of carbonyl (C=O) groups is 3. The smallest absolute Gasteiger partial charge is 0.412 e. The van der Waals surface area contributed by atoms with Crippen LogP contribution in [0.2, 0.25) is 0 Å². The molecule has 1 amide bonds. The fourth-order valence-corrected chi connectivity index (χ4v) is 8.37. The Bertz CT molecular complexity index is 2660. The lowest BCUT2D eigenvalue weighted by atomic mass is 10.0. The minimum Gasteiger partial charge on any atom is -0.493 e. The summed E-state index contributed by atoms with van der Waals surface area (Å²) in [6, 6.07) is 26.9. The maximum absolute atomic E-state index is 13.2. The summed E-state index contributed by atoms with van der Waals surface area (Å²) in [5, 5.41) is 6.12. The second kappa shape index (κ2) is 20.8. The monoisotopic (exact) mass is 874 g/mol. The molecule has 0 unspecified atom stereocenters. The van der Waals surface area contributed by atoms with E-state index in [1.807, 2.05) is 111 Å². The maximum Gasteiger partial charge on any atom is 0.412 e. The molecule has 0 saturated carbocycles. The lowest BCUT2D eigenvalue weighted by molar-refractivity contribution is -0.141. The van der Waals surface area contributed by atoms with E-state index >= 15 is 0 Å². The van der Waals surface area contributed by atoms with Crippen molar-refractivity contribution in [3.63, 3.8) is 0 Å². The van der Waals surface area contributed by atoms with Crippen molar-refractivity contribution in [2.75, 3.05) is 53.8 Å². The molecule has 0 saturated heterocycles. The van der Waals surface area contributed by atoms with E-state index in [9.17, 15) is 22.8 Å². The molecule has 0 spiro atoms. The number of hydrogen-bond acceptors (Lipinski definition) is 11. The summed E-state index contributed by atoms with van der Waals surface area (Å²) in [5.74, 6) is 5.41. The Labute approximate surface area is 370 Å². The molecule has 0 aromatic heterocycles. The van der Waals surface area contributed by atoms with E-state index in [1.165, 1.54) is 14.2 Å². The number of terminal acetylenes is 2. The van der Waals surface area contributed by atoms with E-state index in [0.29, 0.717) is 30.9 Å². The number of rotatable bonds is 14. The highest BCUT2D eigenvalue weighted by atomic mass is 32.2. The fourth-order valence-electron chi connectivity index (χ4n) is 7.24. The molecule has 63 heavy (non-hydrogen) atoms. The van der Waals surface area contributed by atoms with E-state index in [-0.39, 0.29) is 48.3 Å². The van der Waals surface area contributed by atoms with Gasteiger partial charge in [0, 0.05) is 51.4 Å². The number of sulfonamides is 1. The minimum absolute atomic E-state index is 0.161. The zero-order chi connectivity index (χ0) is 45.9. The molecule has 330 valence electrons. The quantitative estimate of drug-likeness (QED) is 0.0627. The van der Waals surface area contributed by atoms with Gasteiger partial charge >= 0.3 is 18.0 Å². The number of benzene rings is 5. The summed E-state index contributed by atoms with van der Waals surface area (Å²) in [7, 11) is -1.10. The number of carbonyl (C=O) groups excluding carboxylic acids is 3. The van der Waals surface area contributed by atoms with Crippen LogP contribution in [0.4, 0.5) is 27.5 Å². The van der Waals surface area contributed by atoms with Crippen LogP contribution in [-0.2, 0) is 40.2 Å². The second-order valence-corrected chi connectivity index (χ2v) is 17.6. The highest BCUT2D eigenvalue weighted by molar-refractivity contribution is 7.92. The average molecular weight is 875 g/mol. The molecule has 13 nitrogen and oxygen atoms in total. The van der Waals surface area contributed by atoms with Gasteiger partial charge in [0.1, 0.15) is 11.4 Å². The van der Waals surface area contributed by atoms with Crippen molar-refractivity contribution < 1.29 is 41.7 Å². The van der Waals surface area contributed by atoms with Gasteiger partial charge in [-0.3, -0.25) is 19.6 Å². The summed E-state index contributed by atoms with van der Waals surface area (Å²) >= 11 is 0. The van der Waals surface area contributed by atoms with Crippen LogP contribution in [0.15, 0.2) is 95.9 Å². The summed E-state index contributed by atoms with van der Waals surface area (Å²) in [5.41, 5.74) is 3.07. The number of methoxy groups -OCH3 is 2. The Morgan fingerprint density at radius 3 is 1.73 bits per heavy atom. The zero-order valence-electron chi connectivity index (χ0n) is 36.7. The Hall–Kier alpha value is -6.90. The number of nitrogens with one attached hydrogen (secondary N) is 2. The number of anilines is 4. The van der Waals surface area contributed by atoms with Gasteiger partial charge in [0.15, 0.2) is 0 Å². The number of hydrogen-bond donors (Lipinski definition) is 2. The van der Waals surface area contributed by atoms with E-state index in [0.717, 1.165) is 44.2 Å². The van der Waals surface area contributed by atoms with Crippen molar-refractivity contribution in [2.24, 2.45) is 0 Å². The molecule has 0 aliphatic carbocycles. The molecular formula is C49H54N4O9S. The first-order valence-electron chi connectivity index (χ1n) is 20.4. The van der Waals surface area contributed by atoms with Crippen molar-refractivity contribution in [3.8, 4) is 30.4 Å². The standard InChI is InChI=1S/C26H26N2O5S.C23H28N2O4/c1-4-14-28(18(2)16-26(29)32-3)24-11-10-23(21-7-5-6-8-22(21)24)27-34(30,31)20-9-12-25-19(17-20)13-15-33-25;1-7-14-25(16(2)15-21(26)28-6)20-13-12-19(17-10-8-9-11-18(17)20)24-22(27)29-23(3,4)5/h1,5-12,17-18,27H,13-16H2,2-3H3;1,8-13,16H,14-15H2,2-6H3,(H,24,27)/t18-;16-/m00/s1. The van der Waals surface area contributed by atoms with Gasteiger partial charge in [-0.15, -0.1) is 12.8 Å². The summed E-state index contributed by atoms with van der Waals surface area (Å²) in [4.78, 5) is 40.0. The lowest BCUT2D eigenvalue weighted by Crippen LogP contribution is -2.35. The summed E-state index contributed by atoms with van der Waals surface area (Å²) in [6.45, 7) is 10.4. The zero-order valence-corrected chi connectivity index (χ0v) is 37.5. The fraction of sp³-hybridized carbons (Fsp3) is 0.327. The van der Waals surface area contributed by atoms with Gasteiger partial charge in [-0.25, -0.2) is 13.2 Å². The van der Waals surface area contributed by atoms with Crippen LogP contribution in [0.25, 0.3) is 21.5 Å². The van der Waals surface area contributed by atoms with E-state index in [4.69, 9.17) is 31.8 Å². The number of nitrogens with zero attached hydrogens (tertiary/aromatic N) is 2. The van der Waals surface area contributed by atoms with E-state index in [1.54, 1.807) is 24.3 Å². The van der Waals surface area contributed by atoms with Crippen molar-refractivity contribution in [3.05, 3.63) is 96.6 Å². The molecule has 5 aromatic carbocycles. The van der Waals surface area contributed by atoms with Crippen LogP contribution >= 0.6 is 0 Å². The third-order valence-corrected chi connectivity index (χ3v) is 11.6. The van der Waals surface area contributed by atoms with Gasteiger partial charge in [-0.2, -0.15) is 0 Å². The van der Waals surface area contributed by atoms with Crippen molar-refractivity contribution >= 4 is 72.3 Å². The Morgan fingerprint density at radius 2 is 1.24 bits per heavy atom. The van der Waals surface area contributed by atoms with Crippen LogP contribution in [0, 0.1) is 24.7 Å². The average Bonchev–Trinajstić information content (AvgIpc) is 3.73. The molecular weight excluding hydrogens is 821 g/mol. The molecule has 5 aromatic rings. The molecule has 1 aliphatic rings. The predicted octanol–water partition coefficient (Wildman–Crippen LogP) is 8.54. The number of fused-ring (bicyclic) bond motifs is 3. The van der Waals surface area contributed by atoms with Crippen LogP contribution in [0.5, 0.6) is 5.75 Å². The van der Waals surface area contributed by atoms with Crippen molar-refractivity contribution in [1.82, 2.24) is 0 Å². The number of ether oxygens (including phenoxy) is 4. The Kier molecular flexibility index (Phi) is 15.6. The molecule has 6 rings (SSSR count). The van der Waals surface area contributed by atoms with Gasteiger partial charge in [-0.1, -0.05) is 60.4 Å². The van der Waals surface area contributed by atoms with Gasteiger partial charge in [0.05, 0.1) is 63.0 Å². The summed E-state index contributed by atoms with van der Waals surface area (Å²) in [6.07, 6.45) is 11.8. The predicted molar refractivity (Wildman–Crippen MR) is 249 cm³/mol. The van der Waals surface area contributed by atoms with Crippen molar-refractivity contribution in [2.45, 2.75) is 76.5 Å². The molecule has 1 heterocycles. The van der Waals surface area contributed by atoms with Gasteiger partial charge in [-0.05, 0) is 82.6 Å². The van der Waals surface area contributed by atoms with Crippen LogP contribution in [0.3, 0.4) is 0 Å². The number of amides is 1. The van der Waals surface area contributed by atoms with Gasteiger partial charge < -0.3 is 28.7 Å². The maximum atomic E-state index is 13.2. The highest BCUT2D eigenvalue weighted by Gasteiger charge is 2.25. The van der Waals surface area contributed by atoms with Crippen LogP contribution < -0.4 is 24.6 Å². The molecule has 0 bridgehead atoms. The molecule has 0 radical (unpaired) electrons. The molecule has 1 aliphatic heterocycles. The van der Waals surface area contributed by atoms with Gasteiger partial charge in [0.2, 0.25) is 0 Å². The molecule has 0 fully saturated rings. The van der Waals surface area contributed by atoms with Gasteiger partial charge in [0.25, 0.3) is 10.0 Å². The first-order valence-corrected chi connectivity index (χ1v) is 21.8. The van der Waals surface area contributed by atoms with E-state index in [2.05, 4.69) is 21.9 Å². The first-order chi connectivity index (χ1) is 30.0.